The lowest BCUT2D eigenvalue weighted by molar-refractivity contribution is 0.0133. The molecule has 4 rings (SSSR count). The molecule has 1 aromatic heterocycles. The third-order valence-electron chi connectivity index (χ3n) is 5.21. The van der Waals surface area contributed by atoms with Gasteiger partial charge in [0.25, 0.3) is 0 Å². The number of nitrogens with one attached hydrogen (secondary N) is 1. The number of hydrogen-bond donors (Lipinski definition) is 3. The first kappa shape index (κ1) is 19.2. The van der Waals surface area contributed by atoms with Crippen LogP contribution in [-0.2, 0) is 4.74 Å². The van der Waals surface area contributed by atoms with Crippen LogP contribution in [0, 0.1) is 0 Å². The molecular weight excluding hydrogens is 372 g/mol. The maximum atomic E-state index is 12.1. The topological polar surface area (TPSA) is 105 Å². The van der Waals surface area contributed by atoms with Gasteiger partial charge in [-0.3, -0.25) is 0 Å². The monoisotopic (exact) mass is 394 g/mol. The number of nitrogens with zero attached hydrogens (tertiary/aromatic N) is 1. The van der Waals surface area contributed by atoms with E-state index < -0.39 is 18.3 Å². The summed E-state index contributed by atoms with van der Waals surface area (Å²) in [5, 5.41) is 26.1. The number of carbonyl (C=O) groups is 1. The number of carbonyl (C=O) groups excluding carboxylic acids is 1. The molecule has 0 spiro atoms. The van der Waals surface area contributed by atoms with Gasteiger partial charge in [0.05, 0.1) is 12.3 Å². The molecule has 2 unspecified atom stereocenters. The van der Waals surface area contributed by atoms with E-state index >= 15 is 0 Å². The molecule has 3 aromatic rings. The summed E-state index contributed by atoms with van der Waals surface area (Å²) in [7, 11) is 0. The van der Waals surface area contributed by atoms with Crippen molar-refractivity contribution in [2.45, 2.75) is 24.5 Å². The van der Waals surface area contributed by atoms with Crippen LogP contribution >= 0.6 is 0 Å². The highest BCUT2D eigenvalue weighted by Gasteiger charge is 2.29. The highest BCUT2D eigenvalue weighted by atomic mass is 16.5. The number of aromatic nitrogens is 1. The van der Waals surface area contributed by atoms with Crippen LogP contribution in [0.25, 0.3) is 11.1 Å². The maximum Gasteiger partial charge on any atom is 0.407 e. The largest absolute Gasteiger partial charge is 0.449 e. The van der Waals surface area contributed by atoms with E-state index in [-0.39, 0.29) is 25.5 Å². The fourth-order valence-corrected chi connectivity index (χ4v) is 3.71. The summed E-state index contributed by atoms with van der Waals surface area (Å²) in [6.45, 7) is 0.395. The molecule has 1 aliphatic rings. The lowest BCUT2D eigenvalue weighted by Crippen LogP contribution is -2.30. The van der Waals surface area contributed by atoms with Gasteiger partial charge in [-0.2, -0.15) is 0 Å². The Morgan fingerprint density at radius 2 is 1.76 bits per heavy atom. The zero-order valence-corrected chi connectivity index (χ0v) is 15.7. The Balaban J connectivity index is 1.29. The Kier molecular flexibility index (Phi) is 5.59. The van der Waals surface area contributed by atoms with E-state index in [0.717, 1.165) is 11.1 Å². The lowest BCUT2D eigenvalue weighted by atomic mass is 9.98. The second kappa shape index (κ2) is 8.46. The van der Waals surface area contributed by atoms with Crippen molar-refractivity contribution in [3.8, 4) is 11.1 Å². The number of rotatable bonds is 7. The van der Waals surface area contributed by atoms with E-state index in [4.69, 9.17) is 4.74 Å². The smallest absolute Gasteiger partial charge is 0.407 e. The highest BCUT2D eigenvalue weighted by molar-refractivity contribution is 5.79. The van der Waals surface area contributed by atoms with Gasteiger partial charge < -0.3 is 24.8 Å². The zero-order chi connectivity index (χ0) is 20.2. The molecule has 1 aliphatic carbocycles. The first-order valence-electron chi connectivity index (χ1n) is 9.49. The molecule has 1 amide bonds. The molecule has 7 nitrogen and oxygen atoms in total. The van der Waals surface area contributed by atoms with E-state index in [1.165, 1.54) is 23.6 Å². The molecule has 2 aromatic carbocycles. The van der Waals surface area contributed by atoms with Crippen LogP contribution < -0.4 is 5.32 Å². The molecule has 0 aliphatic heterocycles. The van der Waals surface area contributed by atoms with Gasteiger partial charge in [0.2, 0.25) is 0 Å². The summed E-state index contributed by atoms with van der Waals surface area (Å²) in [5.74, 6) is -0.00541. The second-order valence-electron chi connectivity index (χ2n) is 7.01. The van der Waals surface area contributed by atoms with Crippen molar-refractivity contribution in [1.82, 2.24) is 10.5 Å². The molecule has 2 atom stereocenters. The van der Waals surface area contributed by atoms with Gasteiger partial charge in [-0.05, 0) is 28.7 Å². The summed E-state index contributed by atoms with van der Waals surface area (Å²) < 4.78 is 10.1. The van der Waals surface area contributed by atoms with Crippen LogP contribution in [0.1, 0.15) is 35.1 Å². The Morgan fingerprint density at radius 1 is 1.10 bits per heavy atom. The van der Waals surface area contributed by atoms with E-state index in [9.17, 15) is 15.0 Å². The van der Waals surface area contributed by atoms with Crippen molar-refractivity contribution in [1.29, 1.82) is 0 Å². The molecule has 3 N–H and O–H groups in total. The normalized spacial score (nSPS) is 14.7. The van der Waals surface area contributed by atoms with Gasteiger partial charge in [-0.25, -0.2) is 4.79 Å². The SMILES string of the molecule is O=C(NCCC(O)C(O)c1cnoc1)OCC1c2ccccc2-c2ccccc21. The first-order chi connectivity index (χ1) is 14.1. The van der Waals surface area contributed by atoms with Crippen molar-refractivity contribution >= 4 is 6.09 Å². The predicted molar refractivity (Wildman–Crippen MR) is 105 cm³/mol. The first-order valence-corrected chi connectivity index (χ1v) is 9.49. The summed E-state index contributed by atoms with van der Waals surface area (Å²) in [4.78, 5) is 12.1. The van der Waals surface area contributed by atoms with Crippen LogP contribution in [0.15, 0.2) is 65.5 Å². The predicted octanol–water partition coefficient (Wildman–Crippen LogP) is 3.00. The summed E-state index contributed by atoms with van der Waals surface area (Å²) >= 11 is 0. The number of fused-ring (bicyclic) bond motifs is 3. The summed E-state index contributed by atoms with van der Waals surface area (Å²) in [6, 6.07) is 16.3. The summed E-state index contributed by atoms with van der Waals surface area (Å²) in [5.41, 5.74) is 5.02. The van der Waals surface area contributed by atoms with Gasteiger partial charge in [-0.1, -0.05) is 53.7 Å². The molecule has 0 fully saturated rings. The minimum Gasteiger partial charge on any atom is -0.449 e. The quantitative estimate of drug-likeness (QED) is 0.569. The molecule has 29 heavy (non-hydrogen) atoms. The number of amides is 1. The van der Waals surface area contributed by atoms with Crippen LogP contribution in [0.4, 0.5) is 4.79 Å². The van der Waals surface area contributed by atoms with E-state index in [1.54, 1.807) is 0 Å². The molecule has 0 radical (unpaired) electrons. The second-order valence-corrected chi connectivity index (χ2v) is 7.01. The zero-order valence-electron chi connectivity index (χ0n) is 15.7. The van der Waals surface area contributed by atoms with Gasteiger partial charge >= 0.3 is 6.09 Å². The van der Waals surface area contributed by atoms with Gasteiger partial charge in [-0.15, -0.1) is 0 Å². The fraction of sp³-hybridized carbons (Fsp3) is 0.273. The number of hydrogen-bond acceptors (Lipinski definition) is 6. The third kappa shape index (κ3) is 4.01. The average molecular weight is 394 g/mol. The maximum absolute atomic E-state index is 12.1. The molecule has 0 saturated heterocycles. The van der Waals surface area contributed by atoms with E-state index in [2.05, 4.69) is 39.3 Å². The van der Waals surface area contributed by atoms with E-state index in [1.807, 2.05) is 24.3 Å². The lowest BCUT2D eigenvalue weighted by Gasteiger charge is -2.17. The van der Waals surface area contributed by atoms with Gasteiger partial charge in [0, 0.05) is 18.0 Å². The molecule has 1 heterocycles. The molecule has 0 bridgehead atoms. The molecule has 7 heteroatoms. The van der Waals surface area contributed by atoms with Crippen LogP contribution in [0.5, 0.6) is 0 Å². The average Bonchev–Trinajstić information content (AvgIpc) is 3.38. The van der Waals surface area contributed by atoms with Gasteiger partial charge in [0.1, 0.15) is 19.0 Å². The number of alkyl carbamates (subject to hydrolysis) is 1. The Labute approximate surface area is 167 Å². The Hall–Kier alpha value is -3.16. The minimum absolute atomic E-state index is 0.00541. The molecule has 0 saturated carbocycles. The Morgan fingerprint density at radius 3 is 2.38 bits per heavy atom. The van der Waals surface area contributed by atoms with Crippen LogP contribution in [0.2, 0.25) is 0 Å². The van der Waals surface area contributed by atoms with Crippen molar-refractivity contribution in [2.75, 3.05) is 13.2 Å². The van der Waals surface area contributed by atoms with Gasteiger partial charge in [0.15, 0.2) is 0 Å². The highest BCUT2D eigenvalue weighted by Crippen LogP contribution is 2.44. The van der Waals surface area contributed by atoms with Crippen molar-refractivity contribution < 1.29 is 24.3 Å². The number of ether oxygens (including phenoxy) is 1. The number of benzene rings is 2. The minimum atomic E-state index is -1.12. The van der Waals surface area contributed by atoms with E-state index in [0.29, 0.717) is 5.56 Å². The number of aliphatic hydroxyl groups excluding tert-OH is 2. The number of aliphatic hydroxyl groups is 2. The van der Waals surface area contributed by atoms with Crippen molar-refractivity contribution in [3.63, 3.8) is 0 Å². The van der Waals surface area contributed by atoms with Crippen LogP contribution in [0.3, 0.4) is 0 Å². The summed E-state index contributed by atoms with van der Waals surface area (Å²) in [6.07, 6.45) is 0.0448. The fourth-order valence-electron chi connectivity index (χ4n) is 3.71. The van der Waals surface area contributed by atoms with Crippen molar-refractivity contribution in [2.24, 2.45) is 0 Å². The Bertz CT molecular complexity index is 927. The van der Waals surface area contributed by atoms with Crippen molar-refractivity contribution in [3.05, 3.63) is 77.7 Å². The molecule has 150 valence electrons. The third-order valence-corrected chi connectivity index (χ3v) is 5.21. The van der Waals surface area contributed by atoms with Crippen LogP contribution in [-0.4, -0.2) is 40.7 Å². The standard InChI is InChI=1S/C22H22N2O5/c25-20(21(26)14-11-24-29-12-14)9-10-23-22(27)28-13-19-17-7-3-1-5-15(17)16-6-2-4-8-18(16)19/h1-8,11-12,19-21,25-26H,9-10,13H2,(H,23,27). The molecular formula is C22H22N2O5.